The highest BCUT2D eigenvalue weighted by Gasteiger charge is 2.27. The molecule has 35 heavy (non-hydrogen) atoms. The van der Waals surface area contributed by atoms with E-state index >= 15 is 0 Å². The quantitative estimate of drug-likeness (QED) is 0.453. The zero-order valence-electron chi connectivity index (χ0n) is 18.7. The highest BCUT2D eigenvalue weighted by Crippen LogP contribution is 2.26. The molecule has 7 nitrogen and oxygen atoms in total. The molecule has 2 aromatic carbocycles. The van der Waals surface area contributed by atoms with E-state index in [1.807, 2.05) is 7.05 Å². The lowest BCUT2D eigenvalue weighted by Crippen LogP contribution is -2.52. The third kappa shape index (κ3) is 6.70. The number of hydrogen-bond acceptors (Lipinski definition) is 4. The van der Waals surface area contributed by atoms with E-state index in [-0.39, 0.29) is 28.4 Å². The second-order valence-corrected chi connectivity index (χ2v) is 8.41. The number of likely N-dealkylation sites (N-methyl/N-ethyl adjacent to an activating group) is 1. The van der Waals surface area contributed by atoms with Crippen LogP contribution in [0.15, 0.2) is 36.4 Å². The standard InChI is InChI=1S/C23H23ClF4N4O3/c1-30-6-8-31(9-7-30)23(35)32(16-4-5-18(25)17(24)11-16)13-15-3-2-14(10-19(15)26)20(33)12-29-22(34)21(27)28/h2-5,10-11,21H,6-9,12-13H2,1H3,(H,29,34). The summed E-state index contributed by atoms with van der Waals surface area (Å²) in [5.74, 6) is -3.86. The minimum Gasteiger partial charge on any atom is -0.344 e. The molecule has 3 amide bonds. The Bertz CT molecular complexity index is 1110. The average Bonchev–Trinajstić information content (AvgIpc) is 2.83. The predicted molar refractivity (Wildman–Crippen MR) is 122 cm³/mol. The lowest BCUT2D eigenvalue weighted by Gasteiger charge is -2.36. The maximum Gasteiger partial charge on any atom is 0.324 e. The van der Waals surface area contributed by atoms with Gasteiger partial charge < -0.3 is 15.1 Å². The van der Waals surface area contributed by atoms with Crippen molar-refractivity contribution in [2.45, 2.75) is 13.0 Å². The van der Waals surface area contributed by atoms with Gasteiger partial charge in [-0.2, -0.15) is 8.78 Å². The van der Waals surface area contributed by atoms with Crippen LogP contribution in [0.1, 0.15) is 15.9 Å². The topological polar surface area (TPSA) is 73.0 Å². The number of amides is 3. The molecular weight excluding hydrogens is 492 g/mol. The fraction of sp³-hybridized carbons (Fsp3) is 0.348. The van der Waals surface area contributed by atoms with Gasteiger partial charge in [-0.25, -0.2) is 13.6 Å². The van der Waals surface area contributed by atoms with Crippen molar-refractivity contribution in [2.24, 2.45) is 0 Å². The molecule has 1 saturated heterocycles. The first kappa shape index (κ1) is 26.4. The fourth-order valence-electron chi connectivity index (χ4n) is 3.46. The van der Waals surface area contributed by atoms with E-state index < -0.39 is 42.3 Å². The Morgan fingerprint density at radius 1 is 1.03 bits per heavy atom. The van der Waals surface area contributed by atoms with Crippen LogP contribution in [0.5, 0.6) is 0 Å². The molecule has 0 aromatic heterocycles. The number of piperazine rings is 1. The molecule has 1 aliphatic rings. The molecular formula is C23H23ClF4N4O3. The van der Waals surface area contributed by atoms with Crippen LogP contribution in [0, 0.1) is 11.6 Å². The molecule has 1 heterocycles. The number of alkyl halides is 2. The Morgan fingerprint density at radius 3 is 2.31 bits per heavy atom. The first-order valence-electron chi connectivity index (χ1n) is 10.6. The summed E-state index contributed by atoms with van der Waals surface area (Å²) in [5, 5.41) is 1.56. The molecule has 0 bridgehead atoms. The van der Waals surface area contributed by atoms with Crippen molar-refractivity contribution in [1.82, 2.24) is 15.1 Å². The molecule has 2 aromatic rings. The maximum absolute atomic E-state index is 14.9. The van der Waals surface area contributed by atoms with Crippen LogP contribution in [0.4, 0.5) is 28.0 Å². The van der Waals surface area contributed by atoms with Gasteiger partial charge in [-0.05, 0) is 31.3 Å². The molecule has 3 rings (SSSR count). The fourth-order valence-corrected chi connectivity index (χ4v) is 3.63. The number of carbonyl (C=O) groups excluding carboxylic acids is 3. The number of nitrogens with one attached hydrogen (secondary N) is 1. The molecule has 1 fully saturated rings. The third-order valence-electron chi connectivity index (χ3n) is 5.54. The molecule has 12 heteroatoms. The second-order valence-electron chi connectivity index (χ2n) is 8.01. The number of ketones is 1. The molecule has 188 valence electrons. The van der Waals surface area contributed by atoms with Crippen LogP contribution >= 0.6 is 11.6 Å². The number of nitrogens with zero attached hydrogens (tertiary/aromatic N) is 3. The molecule has 0 radical (unpaired) electrons. The zero-order valence-corrected chi connectivity index (χ0v) is 19.5. The number of halogens is 5. The number of hydrogen-bond donors (Lipinski definition) is 1. The highest BCUT2D eigenvalue weighted by molar-refractivity contribution is 6.31. The van der Waals surface area contributed by atoms with Gasteiger partial charge in [-0.3, -0.25) is 14.5 Å². The number of rotatable bonds is 7. The van der Waals surface area contributed by atoms with E-state index in [0.29, 0.717) is 26.2 Å². The van der Waals surface area contributed by atoms with E-state index in [9.17, 15) is 31.9 Å². The normalized spacial score (nSPS) is 14.2. The smallest absolute Gasteiger partial charge is 0.324 e. The van der Waals surface area contributed by atoms with Crippen LogP contribution in [0.3, 0.4) is 0 Å². The first-order chi connectivity index (χ1) is 16.6. The Kier molecular flexibility index (Phi) is 8.68. The van der Waals surface area contributed by atoms with Gasteiger partial charge in [0.15, 0.2) is 5.78 Å². The van der Waals surface area contributed by atoms with Crippen molar-refractivity contribution in [3.8, 4) is 0 Å². The van der Waals surface area contributed by atoms with Crippen molar-refractivity contribution in [1.29, 1.82) is 0 Å². The number of benzene rings is 2. The molecule has 1 N–H and O–H groups in total. The maximum atomic E-state index is 14.9. The Balaban J connectivity index is 1.82. The van der Waals surface area contributed by atoms with Gasteiger partial charge in [-0.1, -0.05) is 23.7 Å². The van der Waals surface area contributed by atoms with Crippen LogP contribution < -0.4 is 10.2 Å². The summed E-state index contributed by atoms with van der Waals surface area (Å²) in [5.41, 5.74) is 0.179. The van der Waals surface area contributed by atoms with Crippen LogP contribution in [-0.4, -0.2) is 73.7 Å². The van der Waals surface area contributed by atoms with Crippen molar-refractivity contribution < 1.29 is 31.9 Å². The number of carbonyl (C=O) groups is 3. The highest BCUT2D eigenvalue weighted by atomic mass is 35.5. The van der Waals surface area contributed by atoms with Gasteiger partial charge in [0, 0.05) is 43.0 Å². The Labute approximate surface area is 204 Å². The summed E-state index contributed by atoms with van der Waals surface area (Å²) in [6.45, 7) is 1.23. The lowest BCUT2D eigenvalue weighted by molar-refractivity contribution is -0.131. The number of urea groups is 1. The monoisotopic (exact) mass is 514 g/mol. The minimum absolute atomic E-state index is 0.0566. The Morgan fingerprint density at radius 2 is 1.71 bits per heavy atom. The van der Waals surface area contributed by atoms with Crippen molar-refractivity contribution in [3.63, 3.8) is 0 Å². The summed E-state index contributed by atoms with van der Waals surface area (Å²) in [4.78, 5) is 41.3. The third-order valence-corrected chi connectivity index (χ3v) is 5.83. The summed E-state index contributed by atoms with van der Waals surface area (Å²) in [7, 11) is 1.93. The predicted octanol–water partition coefficient (Wildman–Crippen LogP) is 3.56. The summed E-state index contributed by atoms with van der Waals surface area (Å²) >= 11 is 5.91. The van der Waals surface area contributed by atoms with Gasteiger partial charge >= 0.3 is 12.5 Å². The zero-order chi connectivity index (χ0) is 25.7. The second kappa shape index (κ2) is 11.5. The van der Waals surface area contributed by atoms with E-state index in [0.717, 1.165) is 12.1 Å². The van der Waals surface area contributed by atoms with Gasteiger partial charge in [0.2, 0.25) is 0 Å². The minimum atomic E-state index is -3.27. The average molecular weight is 515 g/mol. The van der Waals surface area contributed by atoms with Gasteiger partial charge in [-0.15, -0.1) is 0 Å². The molecule has 0 spiro atoms. The number of Topliss-reactive ketones (excluding diaryl/α,β-unsaturated/α-hetero) is 1. The number of anilines is 1. The van der Waals surface area contributed by atoms with Crippen molar-refractivity contribution >= 4 is 35.0 Å². The summed E-state index contributed by atoms with van der Waals surface area (Å²) in [6.07, 6.45) is -3.27. The lowest BCUT2D eigenvalue weighted by atomic mass is 10.1. The van der Waals surface area contributed by atoms with E-state index in [1.165, 1.54) is 29.2 Å². The van der Waals surface area contributed by atoms with Crippen LogP contribution in [0.25, 0.3) is 0 Å². The molecule has 0 atom stereocenters. The largest absolute Gasteiger partial charge is 0.344 e. The van der Waals surface area contributed by atoms with Crippen molar-refractivity contribution in [2.75, 3.05) is 44.7 Å². The van der Waals surface area contributed by atoms with Crippen LogP contribution in [-0.2, 0) is 11.3 Å². The van der Waals surface area contributed by atoms with Gasteiger partial charge in [0.25, 0.3) is 5.91 Å². The molecule has 0 saturated carbocycles. The van der Waals surface area contributed by atoms with Crippen LogP contribution in [0.2, 0.25) is 5.02 Å². The van der Waals surface area contributed by atoms with Crippen molar-refractivity contribution in [3.05, 3.63) is 64.2 Å². The van der Waals surface area contributed by atoms with E-state index in [2.05, 4.69) is 4.90 Å². The summed E-state index contributed by atoms with van der Waals surface area (Å²) < 4.78 is 53.2. The first-order valence-corrected chi connectivity index (χ1v) is 11.0. The SMILES string of the molecule is CN1CCN(C(=O)N(Cc2ccc(C(=O)CNC(=O)C(F)F)cc2F)c2ccc(F)c(Cl)c2)CC1. The summed E-state index contributed by atoms with van der Waals surface area (Å²) in [6, 6.07) is 6.77. The Hall–Kier alpha value is -3.18. The molecule has 0 unspecified atom stereocenters. The molecule has 0 aliphatic carbocycles. The molecule has 1 aliphatic heterocycles. The van der Waals surface area contributed by atoms with E-state index in [1.54, 1.807) is 10.2 Å². The van der Waals surface area contributed by atoms with Gasteiger partial charge in [0.05, 0.1) is 18.1 Å². The van der Waals surface area contributed by atoms with Gasteiger partial charge in [0.1, 0.15) is 11.6 Å². The van der Waals surface area contributed by atoms with E-state index in [4.69, 9.17) is 11.6 Å².